The molecule has 3 nitrogen and oxygen atoms in total. The summed E-state index contributed by atoms with van der Waals surface area (Å²) in [6.07, 6.45) is 0.985. The molecule has 0 bridgehead atoms. The lowest BCUT2D eigenvalue weighted by Gasteiger charge is -2.16. The predicted molar refractivity (Wildman–Crippen MR) is 75.8 cm³/mol. The van der Waals surface area contributed by atoms with Gasteiger partial charge in [-0.3, -0.25) is 0 Å². The summed E-state index contributed by atoms with van der Waals surface area (Å²) in [5.41, 5.74) is 3.52. The van der Waals surface area contributed by atoms with Gasteiger partial charge >= 0.3 is 0 Å². The first-order valence-corrected chi connectivity index (χ1v) is 6.53. The Labute approximate surface area is 112 Å². The van der Waals surface area contributed by atoms with E-state index in [9.17, 15) is 5.11 Å². The minimum absolute atomic E-state index is 0.195. The van der Waals surface area contributed by atoms with Crippen molar-refractivity contribution in [2.75, 3.05) is 11.9 Å². The zero-order chi connectivity index (χ0) is 13.2. The quantitative estimate of drug-likeness (QED) is 0.882. The van der Waals surface area contributed by atoms with E-state index in [0.29, 0.717) is 5.75 Å². The molecule has 2 aromatic rings. The molecule has 0 saturated carbocycles. The molecule has 1 aliphatic heterocycles. The number of phenolic OH excluding ortho intramolecular Hbond substituents is 1. The van der Waals surface area contributed by atoms with Gasteiger partial charge in [-0.15, -0.1) is 0 Å². The summed E-state index contributed by atoms with van der Waals surface area (Å²) in [5, 5.41) is 12.8. The van der Waals surface area contributed by atoms with Crippen LogP contribution in [0.3, 0.4) is 0 Å². The standard InChI is InChI=1S/C16H17NO2/c1-11(12-2-5-15(18)6-3-12)17-14-4-7-16-13(10-14)8-9-19-16/h2-7,10-11,17-18H,8-9H2,1H3. The van der Waals surface area contributed by atoms with Crippen LogP contribution in [0.25, 0.3) is 0 Å². The van der Waals surface area contributed by atoms with Gasteiger partial charge < -0.3 is 15.2 Å². The lowest BCUT2D eigenvalue weighted by atomic mass is 10.1. The van der Waals surface area contributed by atoms with Crippen LogP contribution in [0.1, 0.15) is 24.1 Å². The van der Waals surface area contributed by atoms with Gasteiger partial charge in [0.1, 0.15) is 11.5 Å². The molecule has 2 aromatic carbocycles. The molecular weight excluding hydrogens is 238 g/mol. The van der Waals surface area contributed by atoms with Crippen molar-refractivity contribution in [2.45, 2.75) is 19.4 Å². The van der Waals surface area contributed by atoms with E-state index in [1.54, 1.807) is 12.1 Å². The molecule has 0 radical (unpaired) electrons. The van der Waals surface area contributed by atoms with Gasteiger partial charge in [0, 0.05) is 18.2 Å². The van der Waals surface area contributed by atoms with Crippen molar-refractivity contribution in [3.05, 3.63) is 53.6 Å². The Hall–Kier alpha value is -2.16. The molecule has 1 unspecified atom stereocenters. The number of fused-ring (bicyclic) bond motifs is 1. The summed E-state index contributed by atoms with van der Waals surface area (Å²) in [7, 11) is 0. The van der Waals surface area contributed by atoms with E-state index in [-0.39, 0.29) is 6.04 Å². The number of rotatable bonds is 3. The summed E-state index contributed by atoms with van der Waals surface area (Å²) in [6.45, 7) is 2.89. The minimum Gasteiger partial charge on any atom is -0.508 e. The maximum atomic E-state index is 9.30. The SMILES string of the molecule is CC(Nc1ccc2c(c1)CCO2)c1ccc(O)cc1. The number of hydrogen-bond donors (Lipinski definition) is 2. The van der Waals surface area contributed by atoms with E-state index in [2.05, 4.69) is 18.3 Å². The van der Waals surface area contributed by atoms with Crippen LogP contribution in [0.5, 0.6) is 11.5 Å². The molecule has 3 heteroatoms. The average Bonchev–Trinajstić information content (AvgIpc) is 2.87. The van der Waals surface area contributed by atoms with Crippen molar-refractivity contribution in [3.63, 3.8) is 0 Å². The predicted octanol–water partition coefficient (Wildman–Crippen LogP) is 3.50. The van der Waals surface area contributed by atoms with Gasteiger partial charge in [-0.25, -0.2) is 0 Å². The van der Waals surface area contributed by atoms with Gasteiger partial charge in [0.2, 0.25) is 0 Å². The molecule has 1 atom stereocenters. The normalized spacial score (nSPS) is 14.6. The summed E-state index contributed by atoms with van der Waals surface area (Å²) >= 11 is 0. The van der Waals surface area contributed by atoms with Crippen LogP contribution in [-0.2, 0) is 6.42 Å². The topological polar surface area (TPSA) is 41.5 Å². The molecule has 0 fully saturated rings. The smallest absolute Gasteiger partial charge is 0.122 e. The van der Waals surface area contributed by atoms with Crippen LogP contribution in [0.15, 0.2) is 42.5 Å². The Morgan fingerprint density at radius 3 is 2.74 bits per heavy atom. The van der Waals surface area contributed by atoms with Gasteiger partial charge in [0.05, 0.1) is 6.61 Å². The number of ether oxygens (including phenoxy) is 1. The van der Waals surface area contributed by atoms with E-state index in [4.69, 9.17) is 4.74 Å². The number of anilines is 1. The van der Waals surface area contributed by atoms with Crippen molar-refractivity contribution < 1.29 is 9.84 Å². The van der Waals surface area contributed by atoms with Crippen LogP contribution in [-0.4, -0.2) is 11.7 Å². The van der Waals surface area contributed by atoms with Gasteiger partial charge in [-0.1, -0.05) is 12.1 Å². The zero-order valence-corrected chi connectivity index (χ0v) is 10.9. The van der Waals surface area contributed by atoms with Crippen molar-refractivity contribution in [1.29, 1.82) is 0 Å². The fourth-order valence-electron chi connectivity index (χ4n) is 2.37. The van der Waals surface area contributed by atoms with Crippen molar-refractivity contribution in [2.24, 2.45) is 0 Å². The summed E-state index contributed by atoms with van der Waals surface area (Å²) in [6, 6.07) is 13.7. The molecule has 0 amide bonds. The molecule has 0 spiro atoms. The molecule has 0 aromatic heterocycles. The fourth-order valence-corrected chi connectivity index (χ4v) is 2.37. The van der Waals surface area contributed by atoms with Crippen molar-refractivity contribution in [3.8, 4) is 11.5 Å². The zero-order valence-electron chi connectivity index (χ0n) is 10.9. The largest absolute Gasteiger partial charge is 0.508 e. The first kappa shape index (κ1) is 11.9. The Morgan fingerprint density at radius 2 is 1.95 bits per heavy atom. The Bertz CT molecular complexity index is 578. The van der Waals surface area contributed by atoms with Crippen molar-refractivity contribution in [1.82, 2.24) is 0 Å². The third-order valence-electron chi connectivity index (χ3n) is 3.47. The Morgan fingerprint density at radius 1 is 1.16 bits per heavy atom. The van der Waals surface area contributed by atoms with E-state index in [0.717, 1.165) is 30.0 Å². The number of benzene rings is 2. The maximum absolute atomic E-state index is 9.30. The minimum atomic E-state index is 0.195. The maximum Gasteiger partial charge on any atom is 0.122 e. The molecule has 98 valence electrons. The van der Waals surface area contributed by atoms with Crippen LogP contribution >= 0.6 is 0 Å². The third-order valence-corrected chi connectivity index (χ3v) is 3.47. The highest BCUT2D eigenvalue weighted by atomic mass is 16.5. The number of phenols is 1. The number of nitrogens with one attached hydrogen (secondary N) is 1. The highest BCUT2D eigenvalue weighted by Crippen LogP contribution is 2.29. The number of aromatic hydroxyl groups is 1. The third kappa shape index (κ3) is 2.50. The molecule has 0 saturated heterocycles. The summed E-state index contributed by atoms with van der Waals surface area (Å²) in [4.78, 5) is 0. The monoisotopic (exact) mass is 255 g/mol. The molecule has 1 aliphatic rings. The van der Waals surface area contributed by atoms with Gasteiger partial charge in [0.25, 0.3) is 0 Å². The van der Waals surface area contributed by atoms with E-state index < -0.39 is 0 Å². The molecular formula is C16H17NO2. The second kappa shape index (κ2) is 4.84. The van der Waals surface area contributed by atoms with E-state index in [1.165, 1.54) is 5.56 Å². The van der Waals surface area contributed by atoms with Crippen LogP contribution in [0, 0.1) is 0 Å². The van der Waals surface area contributed by atoms with E-state index in [1.807, 2.05) is 24.3 Å². The van der Waals surface area contributed by atoms with Crippen molar-refractivity contribution >= 4 is 5.69 Å². The average molecular weight is 255 g/mol. The van der Waals surface area contributed by atoms with E-state index >= 15 is 0 Å². The lowest BCUT2D eigenvalue weighted by Crippen LogP contribution is -2.06. The first-order chi connectivity index (χ1) is 9.22. The summed E-state index contributed by atoms with van der Waals surface area (Å²) < 4.78 is 5.50. The second-order valence-corrected chi connectivity index (χ2v) is 4.88. The van der Waals surface area contributed by atoms with Crippen LogP contribution < -0.4 is 10.1 Å². The number of hydrogen-bond acceptors (Lipinski definition) is 3. The highest BCUT2D eigenvalue weighted by Gasteiger charge is 2.13. The lowest BCUT2D eigenvalue weighted by molar-refractivity contribution is 0.357. The van der Waals surface area contributed by atoms with Gasteiger partial charge in [-0.2, -0.15) is 0 Å². The summed E-state index contributed by atoms with van der Waals surface area (Å²) in [5.74, 6) is 1.30. The highest BCUT2D eigenvalue weighted by molar-refractivity contribution is 5.53. The Balaban J connectivity index is 1.75. The molecule has 2 N–H and O–H groups in total. The molecule has 19 heavy (non-hydrogen) atoms. The molecule has 0 aliphatic carbocycles. The first-order valence-electron chi connectivity index (χ1n) is 6.53. The molecule has 1 heterocycles. The fraction of sp³-hybridized carbons (Fsp3) is 0.250. The molecule has 3 rings (SSSR count). The van der Waals surface area contributed by atoms with Crippen LogP contribution in [0.4, 0.5) is 5.69 Å². The van der Waals surface area contributed by atoms with Crippen LogP contribution in [0.2, 0.25) is 0 Å². The second-order valence-electron chi connectivity index (χ2n) is 4.88. The Kier molecular flexibility index (Phi) is 3.03. The van der Waals surface area contributed by atoms with Gasteiger partial charge in [-0.05, 0) is 48.4 Å². The van der Waals surface area contributed by atoms with Gasteiger partial charge in [0.15, 0.2) is 0 Å².